The van der Waals surface area contributed by atoms with Gasteiger partial charge < -0.3 is 4.90 Å². The molecule has 0 aliphatic carbocycles. The third-order valence-corrected chi connectivity index (χ3v) is 3.17. The Hall–Kier alpha value is -0.830. The van der Waals surface area contributed by atoms with E-state index in [0.717, 1.165) is 22.1 Å². The van der Waals surface area contributed by atoms with Crippen LogP contribution >= 0.6 is 15.9 Å². The van der Waals surface area contributed by atoms with Crippen molar-refractivity contribution in [2.24, 2.45) is 0 Å². The van der Waals surface area contributed by atoms with Gasteiger partial charge in [-0.1, -0.05) is 15.9 Å². The molecule has 3 heteroatoms. The van der Waals surface area contributed by atoms with Crippen LogP contribution in [0.25, 0.3) is 0 Å². The van der Waals surface area contributed by atoms with Gasteiger partial charge in [0.2, 0.25) is 0 Å². The quantitative estimate of drug-likeness (QED) is 0.707. The minimum Gasteiger partial charge on any atom is -0.329 e. The highest BCUT2D eigenvalue weighted by molar-refractivity contribution is 9.10. The molecule has 0 fully saturated rings. The fourth-order valence-corrected chi connectivity index (χ4v) is 2.24. The fraction of sp³-hybridized carbons (Fsp3) is 0.417. The van der Waals surface area contributed by atoms with Crippen molar-refractivity contribution in [2.75, 3.05) is 0 Å². The highest BCUT2D eigenvalue weighted by Gasteiger charge is 2.34. The smallest absolute Gasteiger partial charge is 0.254 e. The SMILES string of the molecule is CC(C)(C)N1Cc2cc(Br)ccc2C1=O. The predicted molar refractivity (Wildman–Crippen MR) is 63.8 cm³/mol. The lowest BCUT2D eigenvalue weighted by molar-refractivity contribution is 0.0609. The monoisotopic (exact) mass is 267 g/mol. The molecule has 1 aliphatic heterocycles. The molecule has 2 rings (SSSR count). The Morgan fingerprint density at radius 2 is 2.00 bits per heavy atom. The summed E-state index contributed by atoms with van der Waals surface area (Å²) in [6.07, 6.45) is 0. The summed E-state index contributed by atoms with van der Waals surface area (Å²) in [6.45, 7) is 6.90. The summed E-state index contributed by atoms with van der Waals surface area (Å²) in [6, 6.07) is 5.84. The van der Waals surface area contributed by atoms with Crippen molar-refractivity contribution in [3.63, 3.8) is 0 Å². The van der Waals surface area contributed by atoms with E-state index in [1.165, 1.54) is 0 Å². The minimum absolute atomic E-state index is 0.109. The molecule has 1 aromatic rings. The van der Waals surface area contributed by atoms with Crippen LogP contribution in [0.4, 0.5) is 0 Å². The Bertz CT molecular complexity index is 420. The molecule has 0 aromatic heterocycles. The summed E-state index contributed by atoms with van der Waals surface area (Å²) in [4.78, 5) is 14.0. The molecule has 0 bridgehead atoms. The number of carbonyl (C=O) groups excluding carboxylic acids is 1. The second-order valence-electron chi connectivity index (χ2n) is 4.86. The molecule has 1 amide bonds. The highest BCUT2D eigenvalue weighted by atomic mass is 79.9. The Balaban J connectivity index is 2.42. The first-order valence-electron chi connectivity index (χ1n) is 5.00. The van der Waals surface area contributed by atoms with Crippen LogP contribution in [0, 0.1) is 0 Å². The number of rotatable bonds is 0. The standard InChI is InChI=1S/C12H14BrNO/c1-12(2,3)14-7-8-6-9(13)4-5-10(8)11(14)15/h4-6H,7H2,1-3H3. The molecular weight excluding hydrogens is 254 g/mol. The number of carbonyl (C=O) groups is 1. The van der Waals surface area contributed by atoms with E-state index in [4.69, 9.17) is 0 Å². The van der Waals surface area contributed by atoms with Crippen molar-refractivity contribution in [3.05, 3.63) is 33.8 Å². The van der Waals surface area contributed by atoms with E-state index < -0.39 is 0 Å². The van der Waals surface area contributed by atoms with Crippen LogP contribution < -0.4 is 0 Å². The molecule has 0 atom stereocenters. The van der Waals surface area contributed by atoms with Gasteiger partial charge in [0.25, 0.3) is 5.91 Å². The number of nitrogens with zero attached hydrogens (tertiary/aromatic N) is 1. The van der Waals surface area contributed by atoms with Crippen molar-refractivity contribution in [3.8, 4) is 0 Å². The van der Waals surface area contributed by atoms with Crippen molar-refractivity contribution in [1.82, 2.24) is 4.90 Å². The molecule has 0 saturated carbocycles. The van der Waals surface area contributed by atoms with Crippen molar-refractivity contribution < 1.29 is 4.79 Å². The van der Waals surface area contributed by atoms with Gasteiger partial charge in [0.1, 0.15) is 0 Å². The molecule has 80 valence electrons. The summed E-state index contributed by atoms with van der Waals surface area (Å²) in [5.74, 6) is 0.144. The van der Waals surface area contributed by atoms with Crippen molar-refractivity contribution in [2.45, 2.75) is 32.9 Å². The zero-order valence-corrected chi connectivity index (χ0v) is 10.8. The molecule has 15 heavy (non-hydrogen) atoms. The van der Waals surface area contributed by atoms with Gasteiger partial charge in [0.15, 0.2) is 0 Å². The van der Waals surface area contributed by atoms with Gasteiger partial charge in [0, 0.05) is 22.1 Å². The largest absolute Gasteiger partial charge is 0.329 e. The van der Waals surface area contributed by atoms with Gasteiger partial charge in [0.05, 0.1) is 0 Å². The maximum absolute atomic E-state index is 12.1. The Morgan fingerprint density at radius 3 is 2.60 bits per heavy atom. The summed E-state index contributed by atoms with van der Waals surface area (Å²) in [5, 5.41) is 0. The first kappa shape index (κ1) is 10.7. The van der Waals surface area contributed by atoms with Crippen LogP contribution in [-0.4, -0.2) is 16.3 Å². The molecule has 0 spiro atoms. The first-order valence-corrected chi connectivity index (χ1v) is 5.79. The average molecular weight is 268 g/mol. The highest BCUT2D eigenvalue weighted by Crippen LogP contribution is 2.30. The van der Waals surface area contributed by atoms with E-state index in [1.807, 2.05) is 23.1 Å². The molecule has 0 radical (unpaired) electrons. The normalized spacial score (nSPS) is 15.7. The lowest BCUT2D eigenvalue weighted by atomic mass is 10.1. The molecule has 1 aromatic carbocycles. The van der Waals surface area contributed by atoms with Crippen LogP contribution in [-0.2, 0) is 6.54 Å². The van der Waals surface area contributed by atoms with Crippen LogP contribution in [0.15, 0.2) is 22.7 Å². The van der Waals surface area contributed by atoms with Gasteiger partial charge in [-0.2, -0.15) is 0 Å². The summed E-state index contributed by atoms with van der Waals surface area (Å²) in [7, 11) is 0. The van der Waals surface area contributed by atoms with Crippen LogP contribution in [0.2, 0.25) is 0 Å². The van der Waals surface area contributed by atoms with Crippen LogP contribution in [0.5, 0.6) is 0 Å². The van der Waals surface area contributed by atoms with Crippen molar-refractivity contribution in [1.29, 1.82) is 0 Å². The number of hydrogen-bond acceptors (Lipinski definition) is 1. The lowest BCUT2D eigenvalue weighted by Gasteiger charge is -2.31. The number of hydrogen-bond donors (Lipinski definition) is 0. The van der Waals surface area contributed by atoms with Gasteiger partial charge in [-0.25, -0.2) is 0 Å². The summed E-state index contributed by atoms with van der Waals surface area (Å²) in [5.41, 5.74) is 1.85. The maximum Gasteiger partial charge on any atom is 0.254 e. The van der Waals surface area contributed by atoms with Gasteiger partial charge in [-0.15, -0.1) is 0 Å². The second-order valence-corrected chi connectivity index (χ2v) is 5.78. The van der Waals surface area contributed by atoms with E-state index >= 15 is 0 Å². The van der Waals surface area contributed by atoms with E-state index in [2.05, 4.69) is 36.7 Å². The first-order chi connectivity index (χ1) is 6.89. The molecule has 0 unspecified atom stereocenters. The average Bonchev–Trinajstić information content (AvgIpc) is 2.42. The zero-order chi connectivity index (χ0) is 11.2. The van der Waals surface area contributed by atoms with Crippen LogP contribution in [0.3, 0.4) is 0 Å². The maximum atomic E-state index is 12.1. The number of benzene rings is 1. The summed E-state index contributed by atoms with van der Waals surface area (Å²) >= 11 is 3.43. The number of fused-ring (bicyclic) bond motifs is 1. The third-order valence-electron chi connectivity index (χ3n) is 2.68. The topological polar surface area (TPSA) is 20.3 Å². The molecule has 0 saturated heterocycles. The van der Waals surface area contributed by atoms with E-state index in [1.54, 1.807) is 0 Å². The molecule has 0 N–H and O–H groups in total. The van der Waals surface area contributed by atoms with Gasteiger partial charge in [-0.3, -0.25) is 4.79 Å². The third kappa shape index (κ3) is 1.81. The summed E-state index contributed by atoms with van der Waals surface area (Å²) < 4.78 is 1.03. The van der Waals surface area contributed by atoms with Crippen molar-refractivity contribution >= 4 is 21.8 Å². The number of halogens is 1. The Morgan fingerprint density at radius 1 is 1.33 bits per heavy atom. The Kier molecular flexibility index (Phi) is 2.38. The predicted octanol–water partition coefficient (Wildman–Crippen LogP) is 3.20. The molecule has 1 aliphatic rings. The number of amides is 1. The second kappa shape index (κ2) is 3.34. The molecular formula is C12H14BrNO. The lowest BCUT2D eigenvalue weighted by Crippen LogP contribution is -2.41. The fourth-order valence-electron chi connectivity index (χ4n) is 1.83. The Labute approximate surface area is 98.4 Å². The van der Waals surface area contributed by atoms with Crippen LogP contribution in [0.1, 0.15) is 36.7 Å². The zero-order valence-electron chi connectivity index (χ0n) is 9.17. The van der Waals surface area contributed by atoms with Gasteiger partial charge in [-0.05, 0) is 44.5 Å². The van der Waals surface area contributed by atoms with Gasteiger partial charge >= 0.3 is 0 Å². The van der Waals surface area contributed by atoms with E-state index in [9.17, 15) is 4.79 Å². The molecule has 1 heterocycles. The van der Waals surface area contributed by atoms with E-state index in [-0.39, 0.29) is 11.4 Å². The minimum atomic E-state index is -0.109. The van der Waals surface area contributed by atoms with E-state index in [0.29, 0.717) is 0 Å². The molecule has 2 nitrogen and oxygen atoms in total.